The molecule has 0 amide bonds. The van der Waals surface area contributed by atoms with Gasteiger partial charge in [0.1, 0.15) is 11.5 Å². The minimum atomic E-state index is 0.898. The molecule has 0 unspecified atom stereocenters. The molecule has 0 spiro atoms. The molecule has 5 aromatic rings. The number of hydrogen-bond acceptors (Lipinski definition) is 1. The molecule has 0 N–H and O–H groups in total. The van der Waals surface area contributed by atoms with Gasteiger partial charge in [0.25, 0.3) is 0 Å². The molecule has 5 rings (SSSR count). The van der Waals surface area contributed by atoms with Crippen LogP contribution in [0.2, 0.25) is 0 Å². The third-order valence-electron chi connectivity index (χ3n) is 5.11. The van der Waals surface area contributed by atoms with Crippen LogP contribution in [0.4, 0.5) is 0 Å². The van der Waals surface area contributed by atoms with Gasteiger partial charge < -0.3 is 4.42 Å². The molecule has 194 valence electrons. The standard InChI is InChI=1S/C28H20O.4C2H6/c1-5-13-21(14-6-1)25-26(22-15-7-2-8-16-22)28(24-19-11-4-12-20-24)29-27(25)23-17-9-3-10-18-23;4*1-2/h1-20H;4*1-2H3. The third-order valence-corrected chi connectivity index (χ3v) is 5.11. The maximum Gasteiger partial charge on any atom is 0.143 e. The monoisotopic (exact) mass is 492 g/mol. The lowest BCUT2D eigenvalue weighted by atomic mass is 9.91. The van der Waals surface area contributed by atoms with Crippen molar-refractivity contribution in [3.8, 4) is 44.9 Å². The Morgan fingerprint density at radius 2 is 0.514 bits per heavy atom. The van der Waals surface area contributed by atoms with E-state index in [0.29, 0.717) is 0 Å². The van der Waals surface area contributed by atoms with E-state index in [1.807, 2.05) is 79.7 Å². The second kappa shape index (κ2) is 18.4. The summed E-state index contributed by atoms with van der Waals surface area (Å²) in [5, 5.41) is 0. The Kier molecular flexibility index (Phi) is 15.5. The Bertz CT molecular complexity index is 1110. The van der Waals surface area contributed by atoms with Gasteiger partial charge in [-0.05, 0) is 11.1 Å². The quantitative estimate of drug-likeness (QED) is 0.243. The van der Waals surface area contributed by atoms with Crippen molar-refractivity contribution in [2.45, 2.75) is 55.4 Å². The van der Waals surface area contributed by atoms with E-state index in [-0.39, 0.29) is 0 Å². The highest BCUT2D eigenvalue weighted by molar-refractivity contribution is 5.99. The summed E-state index contributed by atoms with van der Waals surface area (Å²) in [5.74, 6) is 1.80. The number of hydrogen-bond donors (Lipinski definition) is 0. The molecular weight excluding hydrogens is 448 g/mol. The molecule has 0 saturated heterocycles. The summed E-state index contributed by atoms with van der Waals surface area (Å²) >= 11 is 0. The first-order chi connectivity index (χ1) is 18.4. The summed E-state index contributed by atoms with van der Waals surface area (Å²) < 4.78 is 6.63. The average molecular weight is 493 g/mol. The zero-order chi connectivity index (χ0) is 27.5. The van der Waals surface area contributed by atoms with Gasteiger partial charge in [0.2, 0.25) is 0 Å². The normalized spacial score (nSPS) is 9.08. The predicted octanol–water partition coefficient (Wildman–Crippen LogP) is 12.1. The molecule has 1 heterocycles. The van der Waals surface area contributed by atoms with Crippen LogP contribution in [-0.2, 0) is 0 Å². The van der Waals surface area contributed by atoms with Crippen molar-refractivity contribution < 1.29 is 4.42 Å². The Balaban J connectivity index is 0.000000784. The van der Waals surface area contributed by atoms with E-state index in [9.17, 15) is 0 Å². The van der Waals surface area contributed by atoms with Crippen molar-refractivity contribution in [1.29, 1.82) is 0 Å². The fourth-order valence-corrected chi connectivity index (χ4v) is 3.78. The minimum absolute atomic E-state index is 0.898. The van der Waals surface area contributed by atoms with Crippen molar-refractivity contribution >= 4 is 0 Å². The van der Waals surface area contributed by atoms with Gasteiger partial charge in [-0.1, -0.05) is 177 Å². The fraction of sp³-hybridized carbons (Fsp3) is 0.222. The van der Waals surface area contributed by atoms with Gasteiger partial charge in [-0.2, -0.15) is 0 Å². The maximum absolute atomic E-state index is 6.63. The van der Waals surface area contributed by atoms with Gasteiger partial charge in [0.15, 0.2) is 0 Å². The molecule has 0 aliphatic rings. The van der Waals surface area contributed by atoms with Crippen molar-refractivity contribution in [3.05, 3.63) is 121 Å². The first kappa shape index (κ1) is 31.2. The highest BCUT2D eigenvalue weighted by Gasteiger charge is 2.24. The molecule has 1 nitrogen and oxygen atoms in total. The highest BCUT2D eigenvalue weighted by atomic mass is 16.3. The smallest absolute Gasteiger partial charge is 0.143 e. The summed E-state index contributed by atoms with van der Waals surface area (Å²) in [6.45, 7) is 16.0. The van der Waals surface area contributed by atoms with Crippen molar-refractivity contribution in [3.63, 3.8) is 0 Å². The van der Waals surface area contributed by atoms with Crippen LogP contribution >= 0.6 is 0 Å². The summed E-state index contributed by atoms with van der Waals surface area (Å²) in [5.41, 5.74) is 6.70. The van der Waals surface area contributed by atoms with Gasteiger partial charge in [-0.3, -0.25) is 0 Å². The second-order valence-corrected chi connectivity index (χ2v) is 6.97. The van der Waals surface area contributed by atoms with Gasteiger partial charge in [-0.25, -0.2) is 0 Å². The van der Waals surface area contributed by atoms with Crippen LogP contribution in [0.5, 0.6) is 0 Å². The molecular formula is C36H44O. The van der Waals surface area contributed by atoms with E-state index in [1.165, 1.54) is 0 Å². The first-order valence-electron chi connectivity index (χ1n) is 13.8. The van der Waals surface area contributed by atoms with E-state index >= 15 is 0 Å². The third kappa shape index (κ3) is 8.08. The van der Waals surface area contributed by atoms with E-state index in [2.05, 4.69) is 97.1 Å². The molecule has 0 atom stereocenters. The zero-order valence-electron chi connectivity index (χ0n) is 24.0. The van der Waals surface area contributed by atoms with Gasteiger partial charge in [-0.15, -0.1) is 0 Å². The van der Waals surface area contributed by atoms with E-state index in [1.54, 1.807) is 0 Å². The Labute approximate surface area is 225 Å². The molecule has 0 aliphatic heterocycles. The molecule has 0 radical (unpaired) electrons. The Hall–Kier alpha value is -3.84. The van der Waals surface area contributed by atoms with Gasteiger partial charge in [0.05, 0.1) is 0 Å². The highest BCUT2D eigenvalue weighted by Crippen LogP contribution is 2.48. The van der Waals surface area contributed by atoms with Gasteiger partial charge in [0, 0.05) is 22.3 Å². The lowest BCUT2D eigenvalue weighted by Gasteiger charge is -2.08. The Morgan fingerprint density at radius 3 is 0.757 bits per heavy atom. The van der Waals surface area contributed by atoms with Crippen LogP contribution in [0.25, 0.3) is 44.9 Å². The lowest BCUT2D eigenvalue weighted by Crippen LogP contribution is -1.85. The molecule has 1 heteroatoms. The van der Waals surface area contributed by atoms with Crippen LogP contribution in [0, 0.1) is 0 Å². The van der Waals surface area contributed by atoms with Crippen LogP contribution < -0.4 is 0 Å². The zero-order valence-corrected chi connectivity index (χ0v) is 24.0. The molecule has 1 aromatic heterocycles. The average Bonchev–Trinajstić information content (AvgIpc) is 3.44. The maximum atomic E-state index is 6.63. The summed E-state index contributed by atoms with van der Waals surface area (Å²) in [6.07, 6.45) is 0. The van der Waals surface area contributed by atoms with Crippen molar-refractivity contribution in [2.75, 3.05) is 0 Å². The summed E-state index contributed by atoms with van der Waals surface area (Å²) in [7, 11) is 0. The second-order valence-electron chi connectivity index (χ2n) is 6.97. The largest absolute Gasteiger partial charge is 0.455 e. The SMILES string of the molecule is CC.CC.CC.CC.c1ccc(-c2oc(-c3ccccc3)c(-c3ccccc3)c2-c2ccccc2)cc1. The van der Waals surface area contributed by atoms with Crippen LogP contribution in [-0.4, -0.2) is 0 Å². The summed E-state index contributed by atoms with van der Waals surface area (Å²) in [4.78, 5) is 0. The fourth-order valence-electron chi connectivity index (χ4n) is 3.78. The van der Waals surface area contributed by atoms with E-state index in [0.717, 1.165) is 44.9 Å². The number of benzene rings is 4. The molecule has 0 bridgehead atoms. The van der Waals surface area contributed by atoms with Gasteiger partial charge >= 0.3 is 0 Å². The van der Waals surface area contributed by atoms with Crippen LogP contribution in [0.3, 0.4) is 0 Å². The minimum Gasteiger partial charge on any atom is -0.455 e. The number of furan rings is 1. The first-order valence-corrected chi connectivity index (χ1v) is 13.8. The van der Waals surface area contributed by atoms with Crippen molar-refractivity contribution in [2.24, 2.45) is 0 Å². The lowest BCUT2D eigenvalue weighted by molar-refractivity contribution is 0.599. The van der Waals surface area contributed by atoms with Crippen LogP contribution in [0.1, 0.15) is 55.4 Å². The topological polar surface area (TPSA) is 13.1 Å². The molecule has 0 aliphatic carbocycles. The molecule has 0 fully saturated rings. The van der Waals surface area contributed by atoms with Crippen LogP contribution in [0.15, 0.2) is 126 Å². The predicted molar refractivity (Wildman–Crippen MR) is 166 cm³/mol. The van der Waals surface area contributed by atoms with E-state index < -0.39 is 0 Å². The van der Waals surface area contributed by atoms with Crippen molar-refractivity contribution in [1.82, 2.24) is 0 Å². The number of rotatable bonds is 4. The molecule has 37 heavy (non-hydrogen) atoms. The molecule has 4 aromatic carbocycles. The summed E-state index contributed by atoms with van der Waals surface area (Å²) in [6, 6.07) is 41.7. The van der Waals surface area contributed by atoms with E-state index in [4.69, 9.17) is 4.42 Å². The Morgan fingerprint density at radius 1 is 0.297 bits per heavy atom. The molecule has 0 saturated carbocycles.